The molecule has 0 fully saturated rings. The number of carbonyl (C=O) groups is 1. The topological polar surface area (TPSA) is 71.3 Å². The molecule has 1 aliphatic rings. The van der Waals surface area contributed by atoms with Crippen LogP contribution in [0, 0.1) is 6.92 Å². The molecule has 1 aromatic carbocycles. The van der Waals surface area contributed by atoms with E-state index in [1.807, 2.05) is 19.1 Å². The Morgan fingerprint density at radius 2 is 2.18 bits per heavy atom. The van der Waals surface area contributed by atoms with E-state index in [2.05, 4.69) is 28.5 Å². The fourth-order valence-electron chi connectivity index (χ4n) is 2.68. The molecule has 0 saturated heterocycles. The van der Waals surface area contributed by atoms with Gasteiger partial charge in [-0.05, 0) is 18.6 Å². The number of benzene rings is 1. The highest BCUT2D eigenvalue weighted by atomic mass is 16.4. The third kappa shape index (κ3) is 2.81. The number of aromatic nitrogens is 2. The SMILES string of the molecule is CCc1nnc(CN(C)C(=O)[C@@H]2Cc3cc(C)ccc3N2)o1. The Bertz CT molecular complexity index is 695. The lowest BCUT2D eigenvalue weighted by molar-refractivity contribution is -0.131. The maximum atomic E-state index is 12.6. The average molecular weight is 300 g/mol. The van der Waals surface area contributed by atoms with Crippen LogP contribution in [0.15, 0.2) is 22.6 Å². The molecular formula is C16H20N4O2. The van der Waals surface area contributed by atoms with E-state index >= 15 is 0 Å². The smallest absolute Gasteiger partial charge is 0.245 e. The lowest BCUT2D eigenvalue weighted by atomic mass is 10.1. The molecule has 2 aromatic rings. The van der Waals surface area contributed by atoms with Crippen LogP contribution in [0.25, 0.3) is 0 Å². The van der Waals surface area contributed by atoms with Crippen LogP contribution in [0.1, 0.15) is 29.8 Å². The van der Waals surface area contributed by atoms with Gasteiger partial charge in [0.25, 0.3) is 0 Å². The van der Waals surface area contributed by atoms with Crippen LogP contribution >= 0.6 is 0 Å². The summed E-state index contributed by atoms with van der Waals surface area (Å²) in [5.41, 5.74) is 3.45. The number of likely N-dealkylation sites (N-methyl/N-ethyl adjacent to an activating group) is 1. The van der Waals surface area contributed by atoms with Crippen molar-refractivity contribution in [1.82, 2.24) is 15.1 Å². The largest absolute Gasteiger partial charge is 0.423 e. The molecule has 0 aliphatic carbocycles. The van der Waals surface area contributed by atoms with Gasteiger partial charge in [0.1, 0.15) is 6.04 Å². The van der Waals surface area contributed by atoms with E-state index < -0.39 is 0 Å². The van der Waals surface area contributed by atoms with Gasteiger partial charge >= 0.3 is 0 Å². The van der Waals surface area contributed by atoms with Crippen LogP contribution in [0.3, 0.4) is 0 Å². The molecule has 22 heavy (non-hydrogen) atoms. The van der Waals surface area contributed by atoms with Crippen LogP contribution in [0.2, 0.25) is 0 Å². The highest BCUT2D eigenvalue weighted by Crippen LogP contribution is 2.27. The van der Waals surface area contributed by atoms with Crippen LogP contribution in [-0.2, 0) is 24.2 Å². The number of nitrogens with one attached hydrogen (secondary N) is 1. The summed E-state index contributed by atoms with van der Waals surface area (Å²) in [6.07, 6.45) is 1.41. The number of anilines is 1. The van der Waals surface area contributed by atoms with Crippen molar-refractivity contribution in [3.8, 4) is 0 Å². The standard InChI is InChI=1S/C16H20N4O2/c1-4-14-18-19-15(22-14)9-20(3)16(21)13-8-11-7-10(2)5-6-12(11)17-13/h5-7,13,17H,4,8-9H2,1-3H3/t13-/m0/s1. The summed E-state index contributed by atoms with van der Waals surface area (Å²) in [6, 6.07) is 5.98. The van der Waals surface area contributed by atoms with Crippen molar-refractivity contribution >= 4 is 11.6 Å². The van der Waals surface area contributed by atoms with Gasteiger partial charge in [-0.2, -0.15) is 0 Å². The van der Waals surface area contributed by atoms with Crippen molar-refractivity contribution in [2.24, 2.45) is 0 Å². The predicted molar refractivity (Wildman–Crippen MR) is 82.4 cm³/mol. The van der Waals surface area contributed by atoms with Crippen molar-refractivity contribution < 1.29 is 9.21 Å². The first-order chi connectivity index (χ1) is 10.6. The molecule has 0 radical (unpaired) electrons. The minimum Gasteiger partial charge on any atom is -0.423 e. The second kappa shape index (κ2) is 5.79. The number of carbonyl (C=O) groups excluding carboxylic acids is 1. The molecule has 116 valence electrons. The van der Waals surface area contributed by atoms with Gasteiger partial charge in [-0.25, -0.2) is 0 Å². The van der Waals surface area contributed by atoms with Gasteiger partial charge in [-0.1, -0.05) is 24.6 Å². The van der Waals surface area contributed by atoms with Crippen molar-refractivity contribution in [2.75, 3.05) is 12.4 Å². The predicted octanol–water partition coefficient (Wildman–Crippen LogP) is 1.94. The third-order valence-corrected chi connectivity index (χ3v) is 3.87. The minimum atomic E-state index is -0.227. The highest BCUT2D eigenvalue weighted by molar-refractivity contribution is 5.87. The Labute approximate surface area is 129 Å². The summed E-state index contributed by atoms with van der Waals surface area (Å²) in [5.74, 6) is 1.10. The molecule has 1 aromatic heterocycles. The van der Waals surface area contributed by atoms with E-state index in [1.165, 1.54) is 11.1 Å². The van der Waals surface area contributed by atoms with Crippen LogP contribution in [0.4, 0.5) is 5.69 Å². The molecule has 2 heterocycles. The van der Waals surface area contributed by atoms with Crippen molar-refractivity contribution in [2.45, 2.75) is 39.3 Å². The molecule has 0 saturated carbocycles. The number of fused-ring (bicyclic) bond motifs is 1. The molecule has 0 spiro atoms. The van der Waals surface area contributed by atoms with Crippen LogP contribution < -0.4 is 5.32 Å². The maximum absolute atomic E-state index is 12.6. The Morgan fingerprint density at radius 3 is 2.91 bits per heavy atom. The molecule has 0 bridgehead atoms. The Kier molecular flexibility index (Phi) is 3.83. The van der Waals surface area contributed by atoms with Crippen LogP contribution in [0.5, 0.6) is 0 Å². The normalized spacial score (nSPS) is 16.2. The van der Waals surface area contributed by atoms with Gasteiger partial charge in [0, 0.05) is 25.6 Å². The summed E-state index contributed by atoms with van der Waals surface area (Å²) >= 11 is 0. The van der Waals surface area contributed by atoms with Gasteiger partial charge in [0.15, 0.2) is 0 Å². The van der Waals surface area contributed by atoms with E-state index in [0.29, 0.717) is 31.2 Å². The zero-order chi connectivity index (χ0) is 15.7. The Morgan fingerprint density at radius 1 is 1.41 bits per heavy atom. The van der Waals surface area contributed by atoms with Gasteiger partial charge in [0.05, 0.1) is 6.54 Å². The van der Waals surface area contributed by atoms with Crippen molar-refractivity contribution in [3.63, 3.8) is 0 Å². The lowest BCUT2D eigenvalue weighted by Crippen LogP contribution is -2.39. The monoisotopic (exact) mass is 300 g/mol. The Balaban J connectivity index is 1.64. The molecule has 1 atom stereocenters. The second-order valence-corrected chi connectivity index (χ2v) is 5.70. The number of hydrogen-bond acceptors (Lipinski definition) is 5. The molecule has 1 N–H and O–H groups in total. The molecule has 1 amide bonds. The van der Waals surface area contributed by atoms with Gasteiger partial charge < -0.3 is 14.6 Å². The number of nitrogens with zero attached hydrogens (tertiary/aromatic N) is 3. The Hall–Kier alpha value is -2.37. The van der Waals surface area contributed by atoms with E-state index in [0.717, 1.165) is 5.69 Å². The summed E-state index contributed by atoms with van der Waals surface area (Å²) < 4.78 is 5.46. The van der Waals surface area contributed by atoms with E-state index in [1.54, 1.807) is 11.9 Å². The van der Waals surface area contributed by atoms with Crippen molar-refractivity contribution in [3.05, 3.63) is 41.1 Å². The first kappa shape index (κ1) is 14.6. The summed E-state index contributed by atoms with van der Waals surface area (Å²) in [7, 11) is 1.76. The molecule has 6 nitrogen and oxygen atoms in total. The summed E-state index contributed by atoms with van der Waals surface area (Å²) in [6.45, 7) is 4.34. The molecule has 6 heteroatoms. The van der Waals surface area contributed by atoms with Gasteiger partial charge in [-0.15, -0.1) is 10.2 Å². The second-order valence-electron chi connectivity index (χ2n) is 5.70. The number of hydrogen-bond donors (Lipinski definition) is 1. The third-order valence-electron chi connectivity index (χ3n) is 3.87. The van der Waals surface area contributed by atoms with Crippen molar-refractivity contribution in [1.29, 1.82) is 0 Å². The van der Waals surface area contributed by atoms with E-state index in [-0.39, 0.29) is 11.9 Å². The first-order valence-electron chi connectivity index (χ1n) is 7.49. The molecule has 3 rings (SSSR count). The zero-order valence-corrected chi connectivity index (χ0v) is 13.1. The fourth-order valence-corrected chi connectivity index (χ4v) is 2.68. The number of amides is 1. The molecule has 0 unspecified atom stereocenters. The lowest BCUT2D eigenvalue weighted by Gasteiger charge is -2.19. The number of aryl methyl sites for hydroxylation is 2. The number of rotatable bonds is 4. The fraction of sp³-hybridized carbons (Fsp3) is 0.438. The summed E-state index contributed by atoms with van der Waals surface area (Å²) in [5, 5.41) is 11.2. The van der Waals surface area contributed by atoms with Gasteiger partial charge in [-0.3, -0.25) is 4.79 Å². The van der Waals surface area contributed by atoms with E-state index in [9.17, 15) is 4.79 Å². The quantitative estimate of drug-likeness (QED) is 0.934. The summed E-state index contributed by atoms with van der Waals surface area (Å²) in [4.78, 5) is 14.2. The van der Waals surface area contributed by atoms with Crippen LogP contribution in [-0.4, -0.2) is 34.1 Å². The highest BCUT2D eigenvalue weighted by Gasteiger charge is 2.29. The molecular weight excluding hydrogens is 280 g/mol. The minimum absolute atomic E-state index is 0.0325. The first-order valence-corrected chi connectivity index (χ1v) is 7.49. The zero-order valence-electron chi connectivity index (χ0n) is 13.1. The molecule has 1 aliphatic heterocycles. The van der Waals surface area contributed by atoms with E-state index in [4.69, 9.17) is 4.42 Å². The van der Waals surface area contributed by atoms with Gasteiger partial charge in [0.2, 0.25) is 17.7 Å². The maximum Gasteiger partial charge on any atom is 0.245 e. The average Bonchev–Trinajstić information content (AvgIpc) is 3.12.